The molecule has 0 radical (unpaired) electrons. The molecule has 0 amide bonds. The molecule has 0 spiro atoms. The number of hydrogen-bond donors (Lipinski definition) is 1. The Kier molecular flexibility index (Phi) is 4.77. The maximum absolute atomic E-state index is 6.04. The molecule has 0 saturated carbocycles. The van der Waals surface area contributed by atoms with Gasteiger partial charge >= 0.3 is 0 Å². The standard InChI is InChI=1S/C12H14BrClN2S/c1-2-4-8-7-15-12(17-8)16-10-6-3-5-9(14)11(10)13/h3,5-6,8H,2,4,7H2,1H3,(H,15,16). The van der Waals surface area contributed by atoms with E-state index in [2.05, 4.69) is 33.2 Å². The number of halogens is 2. The largest absolute Gasteiger partial charge is 0.334 e. The van der Waals surface area contributed by atoms with Gasteiger partial charge in [0.2, 0.25) is 0 Å². The molecule has 1 aliphatic rings. The van der Waals surface area contributed by atoms with E-state index in [1.807, 2.05) is 30.0 Å². The lowest BCUT2D eigenvalue weighted by molar-refractivity contribution is 0.754. The molecule has 1 N–H and O–H groups in total. The van der Waals surface area contributed by atoms with Crippen molar-refractivity contribution in [1.29, 1.82) is 0 Å². The van der Waals surface area contributed by atoms with Gasteiger partial charge in [0.05, 0.1) is 21.7 Å². The van der Waals surface area contributed by atoms with Crippen LogP contribution in [0.15, 0.2) is 27.7 Å². The van der Waals surface area contributed by atoms with Gasteiger partial charge < -0.3 is 5.32 Å². The van der Waals surface area contributed by atoms with Crippen molar-refractivity contribution in [3.63, 3.8) is 0 Å². The molecule has 92 valence electrons. The summed E-state index contributed by atoms with van der Waals surface area (Å²) in [5.41, 5.74) is 0.973. The van der Waals surface area contributed by atoms with E-state index in [-0.39, 0.29) is 0 Å². The summed E-state index contributed by atoms with van der Waals surface area (Å²) < 4.78 is 0.893. The van der Waals surface area contributed by atoms with Crippen LogP contribution in [0.5, 0.6) is 0 Å². The summed E-state index contributed by atoms with van der Waals surface area (Å²) in [4.78, 5) is 4.51. The lowest BCUT2D eigenvalue weighted by atomic mass is 10.2. The summed E-state index contributed by atoms with van der Waals surface area (Å²) in [6.07, 6.45) is 2.43. The molecule has 0 aromatic heterocycles. The molecule has 1 unspecified atom stereocenters. The topological polar surface area (TPSA) is 24.4 Å². The first-order valence-electron chi connectivity index (χ1n) is 5.63. The third-order valence-electron chi connectivity index (χ3n) is 2.52. The second-order valence-electron chi connectivity index (χ2n) is 3.90. The van der Waals surface area contributed by atoms with Crippen LogP contribution in [0.25, 0.3) is 0 Å². The van der Waals surface area contributed by atoms with Crippen molar-refractivity contribution in [2.45, 2.75) is 25.0 Å². The zero-order chi connectivity index (χ0) is 12.3. The third-order valence-corrected chi connectivity index (χ3v) is 5.09. The van der Waals surface area contributed by atoms with Crippen LogP contribution in [0.4, 0.5) is 5.69 Å². The van der Waals surface area contributed by atoms with Crippen LogP contribution in [-0.4, -0.2) is 17.0 Å². The van der Waals surface area contributed by atoms with Crippen LogP contribution < -0.4 is 5.32 Å². The molecule has 1 aromatic carbocycles. The molecule has 2 nitrogen and oxygen atoms in total. The van der Waals surface area contributed by atoms with Gasteiger partial charge in [0, 0.05) is 5.25 Å². The minimum atomic E-state index is 0.625. The monoisotopic (exact) mass is 332 g/mol. The van der Waals surface area contributed by atoms with Gasteiger partial charge in [-0.3, -0.25) is 4.99 Å². The number of aliphatic imine (C=N–C) groups is 1. The van der Waals surface area contributed by atoms with Crippen LogP contribution in [0.2, 0.25) is 5.02 Å². The Bertz CT molecular complexity index is 437. The Hall–Kier alpha value is -0.190. The minimum absolute atomic E-state index is 0.625. The number of rotatable bonds is 3. The first kappa shape index (κ1) is 13.2. The number of amidine groups is 1. The molecule has 0 saturated heterocycles. The smallest absolute Gasteiger partial charge is 0.161 e. The van der Waals surface area contributed by atoms with Crippen molar-refractivity contribution in [3.05, 3.63) is 27.7 Å². The van der Waals surface area contributed by atoms with Crippen LogP contribution in [0.3, 0.4) is 0 Å². The Labute approximate surface area is 119 Å². The molecule has 5 heteroatoms. The normalized spacial score (nSPS) is 19.2. The number of nitrogens with one attached hydrogen (secondary N) is 1. The van der Waals surface area contributed by atoms with Crippen molar-refractivity contribution in [2.24, 2.45) is 4.99 Å². The maximum Gasteiger partial charge on any atom is 0.161 e. The molecule has 1 aliphatic heterocycles. The highest BCUT2D eigenvalue weighted by atomic mass is 79.9. The molecule has 1 atom stereocenters. The van der Waals surface area contributed by atoms with E-state index in [9.17, 15) is 0 Å². The van der Waals surface area contributed by atoms with E-state index >= 15 is 0 Å². The summed E-state index contributed by atoms with van der Waals surface area (Å²) in [6.45, 7) is 3.12. The fourth-order valence-corrected chi connectivity index (χ4v) is 3.35. The molecule has 1 aromatic rings. The maximum atomic E-state index is 6.04. The van der Waals surface area contributed by atoms with Gasteiger partial charge in [0.25, 0.3) is 0 Å². The van der Waals surface area contributed by atoms with E-state index in [0.717, 1.165) is 21.9 Å². The molecule has 0 bridgehead atoms. The zero-order valence-corrected chi connectivity index (χ0v) is 12.7. The van der Waals surface area contributed by atoms with Gasteiger partial charge in [-0.15, -0.1) is 0 Å². The van der Waals surface area contributed by atoms with Crippen molar-refractivity contribution >= 4 is 50.1 Å². The highest BCUT2D eigenvalue weighted by Gasteiger charge is 2.19. The summed E-state index contributed by atoms with van der Waals surface area (Å²) in [5, 5.41) is 5.65. The van der Waals surface area contributed by atoms with Crippen molar-refractivity contribution in [1.82, 2.24) is 0 Å². The Morgan fingerprint density at radius 1 is 1.59 bits per heavy atom. The summed E-state index contributed by atoms with van der Waals surface area (Å²) >= 11 is 11.3. The quantitative estimate of drug-likeness (QED) is 0.860. The number of hydrogen-bond acceptors (Lipinski definition) is 3. The first-order valence-corrected chi connectivity index (χ1v) is 7.68. The molecule has 0 aliphatic carbocycles. The lowest BCUT2D eigenvalue weighted by Crippen LogP contribution is -2.07. The molecule has 0 fully saturated rings. The highest BCUT2D eigenvalue weighted by Crippen LogP contribution is 2.32. The van der Waals surface area contributed by atoms with E-state index in [0.29, 0.717) is 10.3 Å². The van der Waals surface area contributed by atoms with E-state index in [4.69, 9.17) is 11.6 Å². The summed E-state index contributed by atoms with van der Waals surface area (Å²) in [6, 6.07) is 5.78. The van der Waals surface area contributed by atoms with Gasteiger partial charge in [0.1, 0.15) is 0 Å². The summed E-state index contributed by atoms with van der Waals surface area (Å²) in [5.74, 6) is 0. The molecule has 2 rings (SSSR count). The van der Waals surface area contributed by atoms with E-state index < -0.39 is 0 Å². The number of benzene rings is 1. The van der Waals surface area contributed by atoms with Crippen LogP contribution in [-0.2, 0) is 0 Å². The number of nitrogens with zero attached hydrogens (tertiary/aromatic N) is 1. The SMILES string of the molecule is CCCC1CN=C(Nc2cccc(Cl)c2Br)S1. The predicted molar refractivity (Wildman–Crippen MR) is 81.4 cm³/mol. The number of anilines is 1. The van der Waals surface area contributed by atoms with Gasteiger partial charge in [-0.1, -0.05) is 42.8 Å². The van der Waals surface area contributed by atoms with Gasteiger partial charge in [0.15, 0.2) is 5.17 Å². The average molecular weight is 334 g/mol. The Morgan fingerprint density at radius 3 is 3.18 bits per heavy atom. The zero-order valence-electron chi connectivity index (χ0n) is 9.54. The Balaban J connectivity index is 2.01. The molecular formula is C12H14BrClN2S. The number of thioether (sulfide) groups is 1. The lowest BCUT2D eigenvalue weighted by Gasteiger charge is -2.10. The third kappa shape index (κ3) is 3.39. The van der Waals surface area contributed by atoms with Gasteiger partial charge in [-0.05, 0) is 34.5 Å². The fourth-order valence-electron chi connectivity index (χ4n) is 1.67. The first-order chi connectivity index (χ1) is 8.20. The van der Waals surface area contributed by atoms with Gasteiger partial charge in [-0.2, -0.15) is 0 Å². The van der Waals surface area contributed by atoms with Crippen LogP contribution in [0, 0.1) is 0 Å². The second-order valence-corrected chi connectivity index (χ2v) is 6.39. The van der Waals surface area contributed by atoms with Gasteiger partial charge in [-0.25, -0.2) is 0 Å². The van der Waals surface area contributed by atoms with Crippen molar-refractivity contribution in [3.8, 4) is 0 Å². The van der Waals surface area contributed by atoms with Crippen LogP contribution >= 0.6 is 39.3 Å². The Morgan fingerprint density at radius 2 is 2.41 bits per heavy atom. The fraction of sp³-hybridized carbons (Fsp3) is 0.417. The van der Waals surface area contributed by atoms with E-state index in [1.165, 1.54) is 12.8 Å². The van der Waals surface area contributed by atoms with Crippen molar-refractivity contribution in [2.75, 3.05) is 11.9 Å². The molecule has 17 heavy (non-hydrogen) atoms. The summed E-state index contributed by atoms with van der Waals surface area (Å²) in [7, 11) is 0. The minimum Gasteiger partial charge on any atom is -0.334 e. The van der Waals surface area contributed by atoms with Crippen molar-refractivity contribution < 1.29 is 0 Å². The predicted octanol–water partition coefficient (Wildman–Crippen LogP) is 4.79. The molecule has 1 heterocycles. The molecular weight excluding hydrogens is 320 g/mol. The average Bonchev–Trinajstić information content (AvgIpc) is 2.73. The van der Waals surface area contributed by atoms with Crippen LogP contribution in [0.1, 0.15) is 19.8 Å². The highest BCUT2D eigenvalue weighted by molar-refractivity contribution is 9.10. The second kappa shape index (κ2) is 6.12. The van der Waals surface area contributed by atoms with E-state index in [1.54, 1.807) is 0 Å².